The Kier molecular flexibility index (Phi) is 2.30. The summed E-state index contributed by atoms with van der Waals surface area (Å²) < 4.78 is 127. The van der Waals surface area contributed by atoms with Crippen molar-refractivity contribution in [1.29, 1.82) is 1.43 Å². The molecule has 1 aromatic heterocycles. The fourth-order valence-electron chi connectivity index (χ4n) is 3.49. The summed E-state index contributed by atoms with van der Waals surface area (Å²) in [5, 5.41) is 3.60. The van der Waals surface area contributed by atoms with Crippen LogP contribution >= 0.6 is 0 Å². The lowest BCUT2D eigenvalue weighted by Gasteiger charge is -2.47. The second-order valence-corrected chi connectivity index (χ2v) is 7.98. The topological polar surface area (TPSA) is 62.3 Å². The highest BCUT2D eigenvalue weighted by Crippen LogP contribution is 2.53. The predicted octanol–water partition coefficient (Wildman–Crippen LogP) is 5.83. The molecule has 0 spiro atoms. The highest BCUT2D eigenvalue weighted by Gasteiger charge is 2.52. The van der Waals surface area contributed by atoms with Crippen LogP contribution in [0.2, 0.25) is 1.41 Å². The summed E-state index contributed by atoms with van der Waals surface area (Å²) in [5.41, 5.74) is -7.67. The fraction of sp³-hybridized carbons (Fsp3) is 0.625. The van der Waals surface area contributed by atoms with Gasteiger partial charge in [0, 0.05) is 29.1 Å². The first-order valence-corrected chi connectivity index (χ1v) is 9.01. The molecule has 3 rings (SSSR count). The Bertz CT molecular complexity index is 1470. The Labute approximate surface area is 188 Å². The van der Waals surface area contributed by atoms with E-state index in [0.717, 1.165) is 20.8 Å². The van der Waals surface area contributed by atoms with Crippen molar-refractivity contribution in [2.45, 2.75) is 79.6 Å². The van der Waals surface area contributed by atoms with Gasteiger partial charge >= 0.3 is 5.97 Å². The van der Waals surface area contributed by atoms with Crippen molar-refractivity contribution in [3.63, 3.8) is 0 Å². The Morgan fingerprint density at radius 2 is 2.43 bits per heavy atom. The lowest BCUT2D eigenvalue weighted by molar-refractivity contribution is -0.169. The highest BCUT2D eigenvalue weighted by atomic mass is 16.5. The van der Waals surface area contributed by atoms with Crippen LogP contribution in [0.4, 0.5) is 0 Å². The van der Waals surface area contributed by atoms with Crippen LogP contribution in [0, 0.1) is 25.2 Å². The number of carboxylic acid groups (broad SMARTS) is 1. The zero-order valence-electron chi connectivity index (χ0n) is 31.2. The normalized spacial score (nSPS) is 36.1. The molecular weight excluding hydrogens is 350 g/mol. The molecule has 1 aromatic carbocycles. The molecule has 0 saturated carbocycles. The molecule has 0 aliphatic carbocycles. The summed E-state index contributed by atoms with van der Waals surface area (Å²) in [5.74, 6) is -6.42. The van der Waals surface area contributed by atoms with Gasteiger partial charge in [0.15, 0.2) is 1.41 Å². The second-order valence-electron chi connectivity index (χ2n) is 7.98. The van der Waals surface area contributed by atoms with Crippen molar-refractivity contribution >= 4 is 16.9 Å². The van der Waals surface area contributed by atoms with Gasteiger partial charge in [-0.05, 0) is 59.8 Å². The van der Waals surface area contributed by atoms with E-state index in [9.17, 15) is 6.21 Å². The molecule has 0 bridgehead atoms. The third-order valence-electron chi connectivity index (χ3n) is 5.03. The Morgan fingerprint density at radius 1 is 1.71 bits per heavy atom. The Hall–Kier alpha value is -1.81. The van der Waals surface area contributed by atoms with E-state index >= 15 is 0 Å². The number of fused-ring (bicyclic) bond motifs is 3. The first kappa shape index (κ1) is 9.34. The quantitative estimate of drug-likeness (QED) is 0.679. The molecule has 2 heterocycles. The molecule has 1 aliphatic rings. The van der Waals surface area contributed by atoms with Crippen LogP contribution in [-0.4, -0.2) is 22.6 Å². The van der Waals surface area contributed by atoms with Gasteiger partial charge in [0.05, 0.1) is 22.7 Å². The first-order valence-electron chi connectivity index (χ1n) is 15.9. The molecule has 154 valence electrons. The van der Waals surface area contributed by atoms with Crippen molar-refractivity contribution in [2.24, 2.45) is 11.3 Å². The molecule has 28 heavy (non-hydrogen) atoms. The van der Waals surface area contributed by atoms with E-state index in [1.807, 2.05) is 0 Å². The lowest BCUT2D eigenvalue weighted by Crippen LogP contribution is -2.48. The van der Waals surface area contributed by atoms with Gasteiger partial charge in [0.2, 0.25) is 0 Å². The second kappa shape index (κ2) is 6.91. The zero-order valence-corrected chi connectivity index (χ0v) is 17.2. The molecule has 0 radical (unpaired) electrons. The maximum Gasteiger partial charge on any atom is 0.306 e. The van der Waals surface area contributed by atoms with Gasteiger partial charge in [0.25, 0.3) is 1.43 Å². The number of H-pyrrole nitrogens is 1. The molecule has 2 N–H and O–H groups in total. The van der Waals surface area contributed by atoms with E-state index in [4.69, 9.17) is 22.6 Å². The van der Waals surface area contributed by atoms with Crippen LogP contribution < -0.4 is 0 Å². The smallest absolute Gasteiger partial charge is 0.306 e. The third kappa shape index (κ3) is 3.16. The number of aromatic nitrogens is 1. The average molecular weight is 400 g/mol. The average Bonchev–Trinajstić information content (AvgIpc) is 3.11. The standard InChI is InChI=1S/C24H35NO3/c1-13(2)9-17-16(5)14(3)10-18-20-15(4)12-28-24(11-19(26)27,23(6,7)8)22(20)25-21(17)18/h10,13,15,25H,9,11-12H2,1-8H3,(H,26,27)/t15?,24-/m1/s1/i6D3,9D2,10D,11D2,12D2,13D,15D/hD2. The summed E-state index contributed by atoms with van der Waals surface area (Å²) in [6.07, 6.45) is -6.26. The minimum Gasteiger partial charge on any atom is -0.481 e. The minimum absolute atomic E-state index is 0.158. The van der Waals surface area contributed by atoms with E-state index in [0.29, 0.717) is 4.98 Å². The number of hydrogen-bond acceptors (Lipinski definition) is 3. The molecule has 4 heteroatoms. The summed E-state index contributed by atoms with van der Waals surface area (Å²) in [7, 11) is 0. The number of rotatable bonds is 4. The number of ether oxygens (including phenoxy) is 1. The number of nitrogens with one attached hydrogen (secondary N) is 1. The maximum absolute atomic E-state index is 12.9. The van der Waals surface area contributed by atoms with Gasteiger partial charge < -0.3 is 14.8 Å². The van der Waals surface area contributed by atoms with Crippen LogP contribution in [0.1, 0.15) is 98.1 Å². The van der Waals surface area contributed by atoms with E-state index in [2.05, 4.69) is 5.11 Å². The number of benzene rings is 1. The Balaban J connectivity index is 2.93. The SMILES string of the molecule is [2H]OC(=O)C([2H])([2H])[C@@]1(C(C)(C)C([2H])([2H])[2H])OC([2H])([2H])C([2H])(C)c2c1n([2H])c1c(C([2H])([2H])C([2H])(C)C)c(C)c(C)c([2H])c21. The van der Waals surface area contributed by atoms with E-state index < -0.39 is 71.7 Å². The van der Waals surface area contributed by atoms with Crippen LogP contribution in [0.3, 0.4) is 0 Å². The van der Waals surface area contributed by atoms with Crippen molar-refractivity contribution in [3.05, 3.63) is 34.0 Å². The Morgan fingerprint density at radius 3 is 3.04 bits per heavy atom. The molecule has 0 amide bonds. The van der Waals surface area contributed by atoms with E-state index in [-0.39, 0.29) is 28.1 Å². The predicted molar refractivity (Wildman–Crippen MR) is 114 cm³/mol. The monoisotopic (exact) mass is 399 g/mol. The number of carbonyl (C=O) groups is 1. The summed E-state index contributed by atoms with van der Waals surface area (Å²) in [6, 6.07) is -0.368. The molecule has 0 saturated heterocycles. The van der Waals surface area contributed by atoms with Crippen LogP contribution in [0.25, 0.3) is 12.3 Å². The van der Waals surface area contributed by atoms with Gasteiger partial charge in [-0.3, -0.25) is 4.79 Å². The minimum atomic E-state index is -3.70. The van der Waals surface area contributed by atoms with Gasteiger partial charge in [-0.1, -0.05) is 41.5 Å². The molecule has 2 atom stereocenters. The van der Waals surface area contributed by atoms with E-state index in [1.54, 1.807) is 0 Å². The summed E-state index contributed by atoms with van der Waals surface area (Å²) >= 11 is 0. The molecular formula is C24H35NO3. The third-order valence-corrected chi connectivity index (χ3v) is 5.03. The molecule has 1 aliphatic heterocycles. The van der Waals surface area contributed by atoms with Gasteiger partial charge in [-0.25, -0.2) is 0 Å². The molecule has 4 nitrogen and oxygen atoms in total. The van der Waals surface area contributed by atoms with Crippen molar-refractivity contribution in [2.75, 3.05) is 6.56 Å². The summed E-state index contributed by atoms with van der Waals surface area (Å²) in [6.45, 7) is 1.91. The van der Waals surface area contributed by atoms with Gasteiger partial charge in [-0.15, -0.1) is 0 Å². The van der Waals surface area contributed by atoms with Crippen LogP contribution in [0.15, 0.2) is 6.04 Å². The fourth-order valence-corrected chi connectivity index (χ4v) is 3.49. The maximum atomic E-state index is 12.9. The number of aliphatic carboxylic acids is 1. The van der Waals surface area contributed by atoms with Gasteiger partial charge in [-0.2, -0.15) is 0 Å². The zero-order chi connectivity index (χ0) is 33.2. The number of hydrogen-bond donors (Lipinski definition) is 2. The van der Waals surface area contributed by atoms with Crippen LogP contribution in [-0.2, 0) is 21.5 Å². The molecule has 0 fully saturated rings. The van der Waals surface area contributed by atoms with E-state index in [1.165, 1.54) is 27.7 Å². The van der Waals surface area contributed by atoms with Crippen LogP contribution in [0.5, 0.6) is 0 Å². The molecule has 2 aromatic rings. The van der Waals surface area contributed by atoms with Crippen molar-refractivity contribution < 1.29 is 32.5 Å². The van der Waals surface area contributed by atoms with Gasteiger partial charge in [0.1, 0.15) is 5.60 Å². The van der Waals surface area contributed by atoms with Crippen molar-refractivity contribution in [3.8, 4) is 0 Å². The first-order chi connectivity index (χ1) is 18.4. The highest BCUT2D eigenvalue weighted by molar-refractivity contribution is 5.90. The number of aromatic amines is 1. The molecule has 1 unspecified atom stereocenters. The van der Waals surface area contributed by atoms with Crippen molar-refractivity contribution in [1.82, 2.24) is 4.98 Å². The number of carboxylic acids is 1. The lowest BCUT2D eigenvalue weighted by atomic mass is 9.69. The summed E-state index contributed by atoms with van der Waals surface area (Å²) in [4.78, 5) is 13.3. The largest absolute Gasteiger partial charge is 0.481 e.